The molecule has 0 aliphatic carbocycles. The van der Waals surface area contributed by atoms with E-state index in [2.05, 4.69) is 15.3 Å². The Morgan fingerprint density at radius 2 is 2.27 bits per heavy atom. The van der Waals surface area contributed by atoms with Crippen LogP contribution in [-0.4, -0.2) is 27.0 Å². The third kappa shape index (κ3) is 3.23. The maximum absolute atomic E-state index is 12.2. The molecule has 0 aliphatic heterocycles. The van der Waals surface area contributed by atoms with E-state index in [0.717, 1.165) is 17.0 Å². The van der Waals surface area contributed by atoms with Crippen LogP contribution in [0.5, 0.6) is 0 Å². The lowest BCUT2D eigenvalue weighted by Gasteiger charge is -2.09. The fraction of sp³-hybridized carbons (Fsp3) is 0.188. The number of carbonyl (C=O) groups excluding carboxylic acids is 1. The molecule has 5 nitrogen and oxygen atoms in total. The zero-order valence-electron chi connectivity index (χ0n) is 12.2. The van der Waals surface area contributed by atoms with Gasteiger partial charge in [-0.05, 0) is 30.5 Å². The number of hydrogen-bond donors (Lipinski definition) is 1. The second-order valence-corrected chi connectivity index (χ2v) is 5.68. The van der Waals surface area contributed by atoms with Crippen LogP contribution in [0.4, 0.5) is 0 Å². The molecule has 112 valence electrons. The highest BCUT2D eigenvalue weighted by Gasteiger charge is 2.11. The minimum atomic E-state index is -0.0954. The molecule has 0 spiro atoms. The lowest BCUT2D eigenvalue weighted by molar-refractivity contribution is 0.0951. The van der Waals surface area contributed by atoms with Crippen LogP contribution in [0.2, 0.25) is 0 Å². The number of imidazole rings is 1. The van der Waals surface area contributed by atoms with Gasteiger partial charge >= 0.3 is 0 Å². The first-order valence-corrected chi connectivity index (χ1v) is 7.92. The number of rotatable bonds is 5. The molecule has 0 unspecified atom stereocenters. The second kappa shape index (κ2) is 6.53. The van der Waals surface area contributed by atoms with Gasteiger partial charge in [0, 0.05) is 36.4 Å². The Hall–Kier alpha value is -2.47. The molecule has 0 saturated carbocycles. The Morgan fingerprint density at radius 1 is 1.36 bits per heavy atom. The first-order chi connectivity index (χ1) is 10.7. The van der Waals surface area contributed by atoms with Gasteiger partial charge in [0.2, 0.25) is 0 Å². The average Bonchev–Trinajstić information content (AvgIpc) is 3.20. The van der Waals surface area contributed by atoms with Crippen LogP contribution in [-0.2, 0) is 6.54 Å². The van der Waals surface area contributed by atoms with Crippen LogP contribution < -0.4 is 5.32 Å². The zero-order valence-corrected chi connectivity index (χ0v) is 13.0. The van der Waals surface area contributed by atoms with Gasteiger partial charge in [0.25, 0.3) is 5.91 Å². The first-order valence-electron chi connectivity index (χ1n) is 6.98. The number of pyridine rings is 1. The number of aryl methyl sites for hydroxylation is 1. The number of thiophene rings is 1. The summed E-state index contributed by atoms with van der Waals surface area (Å²) in [5.74, 6) is -0.0954. The van der Waals surface area contributed by atoms with Crippen LogP contribution in [0.25, 0.3) is 11.3 Å². The van der Waals surface area contributed by atoms with E-state index < -0.39 is 0 Å². The fourth-order valence-electron chi connectivity index (χ4n) is 2.18. The Kier molecular flexibility index (Phi) is 4.29. The number of aromatic nitrogens is 3. The quantitative estimate of drug-likeness (QED) is 0.788. The van der Waals surface area contributed by atoms with Crippen molar-refractivity contribution in [3.05, 3.63) is 58.9 Å². The summed E-state index contributed by atoms with van der Waals surface area (Å²) < 4.78 is 1.92. The summed E-state index contributed by atoms with van der Waals surface area (Å²) in [4.78, 5) is 20.7. The molecule has 1 amide bonds. The topological polar surface area (TPSA) is 59.8 Å². The van der Waals surface area contributed by atoms with Crippen molar-refractivity contribution in [3.8, 4) is 11.3 Å². The van der Waals surface area contributed by atoms with Crippen LogP contribution in [0.15, 0.2) is 47.7 Å². The summed E-state index contributed by atoms with van der Waals surface area (Å²) in [5, 5.41) is 6.97. The molecular weight excluding hydrogens is 296 g/mol. The number of hydrogen-bond acceptors (Lipinski definition) is 4. The molecule has 0 aromatic carbocycles. The lowest BCUT2D eigenvalue weighted by atomic mass is 10.1. The van der Waals surface area contributed by atoms with Crippen LogP contribution in [0.3, 0.4) is 0 Å². The largest absolute Gasteiger partial charge is 0.350 e. The van der Waals surface area contributed by atoms with Gasteiger partial charge in [-0.1, -0.05) is 0 Å². The molecule has 0 aliphatic rings. The van der Waals surface area contributed by atoms with E-state index in [0.29, 0.717) is 18.7 Å². The van der Waals surface area contributed by atoms with Crippen molar-refractivity contribution >= 4 is 17.2 Å². The number of amides is 1. The molecule has 0 bridgehead atoms. The number of carbonyl (C=O) groups is 1. The highest BCUT2D eigenvalue weighted by molar-refractivity contribution is 7.08. The molecule has 3 aromatic heterocycles. The van der Waals surface area contributed by atoms with Crippen molar-refractivity contribution in [2.24, 2.45) is 0 Å². The second-order valence-electron chi connectivity index (χ2n) is 4.90. The monoisotopic (exact) mass is 312 g/mol. The van der Waals surface area contributed by atoms with Crippen molar-refractivity contribution in [3.63, 3.8) is 0 Å². The average molecular weight is 312 g/mol. The standard InChI is InChI=1S/C16H16N4OS/c1-12-14(2-3-15(19-12)13-4-9-22-10-13)16(21)18-6-8-20-7-5-17-11-20/h2-5,7,9-11H,6,8H2,1H3,(H,18,21). The molecule has 3 heterocycles. The van der Waals surface area contributed by atoms with Crippen molar-refractivity contribution in [2.75, 3.05) is 6.54 Å². The van der Waals surface area contributed by atoms with E-state index in [9.17, 15) is 4.79 Å². The number of nitrogens with one attached hydrogen (secondary N) is 1. The van der Waals surface area contributed by atoms with Crippen molar-refractivity contribution in [1.29, 1.82) is 0 Å². The molecule has 3 aromatic rings. The normalized spacial score (nSPS) is 10.6. The van der Waals surface area contributed by atoms with E-state index in [-0.39, 0.29) is 5.91 Å². The third-order valence-electron chi connectivity index (χ3n) is 3.36. The smallest absolute Gasteiger partial charge is 0.253 e. The SMILES string of the molecule is Cc1nc(-c2ccsc2)ccc1C(=O)NCCn1ccnc1. The molecule has 0 fully saturated rings. The summed E-state index contributed by atoms with van der Waals surface area (Å²) in [6.07, 6.45) is 5.32. The van der Waals surface area contributed by atoms with Gasteiger partial charge in [-0.15, -0.1) is 0 Å². The molecule has 0 saturated heterocycles. The van der Waals surface area contributed by atoms with E-state index in [1.807, 2.05) is 46.6 Å². The summed E-state index contributed by atoms with van der Waals surface area (Å²) in [7, 11) is 0. The molecule has 22 heavy (non-hydrogen) atoms. The van der Waals surface area contributed by atoms with Gasteiger partial charge in [0.1, 0.15) is 0 Å². The molecule has 3 rings (SSSR count). The van der Waals surface area contributed by atoms with E-state index in [4.69, 9.17) is 0 Å². The number of nitrogens with zero attached hydrogens (tertiary/aromatic N) is 3. The van der Waals surface area contributed by atoms with E-state index >= 15 is 0 Å². The van der Waals surface area contributed by atoms with Gasteiger partial charge in [-0.3, -0.25) is 9.78 Å². The zero-order chi connectivity index (χ0) is 15.4. The minimum Gasteiger partial charge on any atom is -0.350 e. The van der Waals surface area contributed by atoms with E-state index in [1.165, 1.54) is 0 Å². The van der Waals surface area contributed by atoms with Crippen molar-refractivity contribution in [2.45, 2.75) is 13.5 Å². The predicted octanol–water partition coefficient (Wildman–Crippen LogP) is 2.75. The summed E-state index contributed by atoms with van der Waals surface area (Å²) in [6.45, 7) is 3.12. The highest BCUT2D eigenvalue weighted by atomic mass is 32.1. The fourth-order valence-corrected chi connectivity index (χ4v) is 2.83. The highest BCUT2D eigenvalue weighted by Crippen LogP contribution is 2.21. The Labute approximate surface area is 132 Å². The van der Waals surface area contributed by atoms with Crippen LogP contribution in [0.1, 0.15) is 16.1 Å². The predicted molar refractivity (Wildman–Crippen MR) is 86.8 cm³/mol. The summed E-state index contributed by atoms with van der Waals surface area (Å²) in [5.41, 5.74) is 3.34. The molecule has 1 N–H and O–H groups in total. The Bertz CT molecular complexity index is 751. The third-order valence-corrected chi connectivity index (χ3v) is 4.05. The Morgan fingerprint density at radius 3 is 2.95 bits per heavy atom. The van der Waals surface area contributed by atoms with Gasteiger partial charge in [-0.2, -0.15) is 11.3 Å². The Balaban J connectivity index is 1.65. The van der Waals surface area contributed by atoms with Crippen molar-refractivity contribution < 1.29 is 4.79 Å². The van der Waals surface area contributed by atoms with E-state index in [1.54, 1.807) is 23.9 Å². The van der Waals surface area contributed by atoms with Crippen molar-refractivity contribution in [1.82, 2.24) is 19.9 Å². The van der Waals surface area contributed by atoms with Gasteiger partial charge in [0.05, 0.1) is 23.3 Å². The molecular formula is C16H16N4OS. The molecule has 6 heteroatoms. The van der Waals surface area contributed by atoms with Crippen LogP contribution >= 0.6 is 11.3 Å². The van der Waals surface area contributed by atoms with Gasteiger partial charge < -0.3 is 9.88 Å². The maximum atomic E-state index is 12.2. The lowest BCUT2D eigenvalue weighted by Crippen LogP contribution is -2.27. The van der Waals surface area contributed by atoms with Gasteiger partial charge in [0.15, 0.2) is 0 Å². The molecule has 0 atom stereocenters. The molecule has 0 radical (unpaired) electrons. The van der Waals surface area contributed by atoms with Gasteiger partial charge in [-0.25, -0.2) is 4.98 Å². The first kappa shape index (κ1) is 14.5. The minimum absolute atomic E-state index is 0.0954. The maximum Gasteiger partial charge on any atom is 0.253 e. The summed E-state index contributed by atoms with van der Waals surface area (Å²) in [6, 6.07) is 5.75. The van der Waals surface area contributed by atoms with Crippen LogP contribution in [0, 0.1) is 6.92 Å². The summed E-state index contributed by atoms with van der Waals surface area (Å²) >= 11 is 1.63.